The van der Waals surface area contributed by atoms with Crippen molar-refractivity contribution in [3.63, 3.8) is 0 Å². The van der Waals surface area contributed by atoms with E-state index in [1.165, 1.54) is 7.05 Å². The number of nitrogens with one attached hydrogen (secondary N) is 2. The lowest BCUT2D eigenvalue weighted by atomic mass is 9.85. The summed E-state index contributed by atoms with van der Waals surface area (Å²) in [6, 6.07) is 1.92. The molecule has 2 aliphatic rings. The van der Waals surface area contributed by atoms with Crippen LogP contribution in [-0.4, -0.2) is 51.9 Å². The third-order valence-electron chi connectivity index (χ3n) is 6.74. The van der Waals surface area contributed by atoms with Crippen molar-refractivity contribution < 1.29 is 18.0 Å². The minimum atomic E-state index is -4.64. The van der Waals surface area contributed by atoms with E-state index in [9.17, 15) is 22.8 Å². The van der Waals surface area contributed by atoms with Crippen molar-refractivity contribution >= 4 is 60.4 Å². The van der Waals surface area contributed by atoms with Gasteiger partial charge >= 0.3 is 12.2 Å². The number of carbonyl (C=O) groups is 1. The Morgan fingerprint density at radius 3 is 2.53 bits per heavy atom. The summed E-state index contributed by atoms with van der Waals surface area (Å²) in [6.45, 7) is 1.74. The summed E-state index contributed by atoms with van der Waals surface area (Å²) in [5, 5.41) is 9.90. The number of rotatable bonds is 3. The number of likely N-dealkylation sites (tertiary alicyclic amines) is 1. The highest BCUT2D eigenvalue weighted by Gasteiger charge is 2.45. The van der Waals surface area contributed by atoms with E-state index in [0.717, 1.165) is 29.3 Å². The molecule has 2 saturated heterocycles. The van der Waals surface area contributed by atoms with Gasteiger partial charge in [-0.05, 0) is 59.0 Å². The highest BCUT2D eigenvalue weighted by Crippen LogP contribution is 2.40. The van der Waals surface area contributed by atoms with E-state index in [1.54, 1.807) is 17.2 Å². The van der Waals surface area contributed by atoms with Crippen molar-refractivity contribution in [1.82, 2.24) is 14.5 Å². The molecular weight excluding hydrogens is 610 g/mol. The van der Waals surface area contributed by atoms with Crippen LogP contribution in [0.1, 0.15) is 36.8 Å². The number of anilines is 3. The predicted molar refractivity (Wildman–Crippen MR) is 145 cm³/mol. The largest absolute Gasteiger partial charge is 0.417 e. The summed E-state index contributed by atoms with van der Waals surface area (Å²) >= 11 is 1.84. The number of alkyl halides is 3. The zero-order chi connectivity index (χ0) is 26.7. The molecule has 0 saturated carbocycles. The van der Waals surface area contributed by atoms with Gasteiger partial charge in [0, 0.05) is 50.2 Å². The minimum absolute atomic E-state index is 0.284. The molecule has 36 heavy (non-hydrogen) atoms. The van der Waals surface area contributed by atoms with E-state index in [-0.39, 0.29) is 5.82 Å². The second kappa shape index (κ2) is 11.3. The van der Waals surface area contributed by atoms with Crippen molar-refractivity contribution in [3.05, 3.63) is 46.0 Å². The molecule has 9 nitrogen and oxygen atoms in total. The van der Waals surface area contributed by atoms with Crippen LogP contribution in [0.25, 0.3) is 0 Å². The number of aromatic nitrogens is 2. The van der Waals surface area contributed by atoms with E-state index in [4.69, 9.17) is 11.1 Å². The Labute approximate surface area is 223 Å². The molecule has 0 aliphatic carbocycles. The molecule has 1 spiro atoms. The predicted octanol–water partition coefficient (Wildman–Crippen LogP) is 4.31. The smallest absolute Gasteiger partial charge is 0.383 e. The summed E-state index contributed by atoms with van der Waals surface area (Å²) in [5.41, 5.74) is 4.60. The molecule has 14 heteroatoms. The Morgan fingerprint density at radius 2 is 1.92 bits per heavy atom. The van der Waals surface area contributed by atoms with Crippen LogP contribution in [0, 0.1) is 5.41 Å². The van der Waals surface area contributed by atoms with Gasteiger partial charge < -0.3 is 30.8 Å². The van der Waals surface area contributed by atoms with E-state index in [0.29, 0.717) is 50.3 Å². The number of nitrogen functional groups attached to an aromatic ring is 1. The third-order valence-corrected chi connectivity index (χ3v) is 6.74. The summed E-state index contributed by atoms with van der Waals surface area (Å²) in [5.74, 6) is 0.284. The Balaban J connectivity index is 0.00000176. The minimum Gasteiger partial charge on any atom is -0.383 e. The molecule has 0 atom stereocenters. The van der Waals surface area contributed by atoms with Gasteiger partial charge in [0.15, 0.2) is 0 Å². The van der Waals surface area contributed by atoms with Crippen LogP contribution in [0.5, 0.6) is 0 Å². The standard InChI is InChI=1S/C22H26F3N7O2.HIS/c1-30-13-15(22(23,24)25)10-17(19(30)33)29-20(34)32-6-2-3-21(32)4-7-31(8-5-21)16-9-14(11-26)18(27)28-12-16;1-2/h9-13,26H,2-8H2,1H3,(H2,27,28)(H,29,34);2H. The number of piperidine rings is 1. The Morgan fingerprint density at radius 1 is 1.25 bits per heavy atom. The molecule has 2 fully saturated rings. The van der Waals surface area contributed by atoms with E-state index < -0.39 is 34.6 Å². The zero-order valence-electron chi connectivity index (χ0n) is 19.5. The molecule has 4 N–H and O–H groups in total. The van der Waals surface area contributed by atoms with Gasteiger partial charge in [0.25, 0.3) is 5.56 Å². The molecule has 196 valence electrons. The maximum absolute atomic E-state index is 13.2. The summed E-state index contributed by atoms with van der Waals surface area (Å²) in [6.07, 6.45) is 1.75. The molecule has 2 aromatic rings. The van der Waals surface area contributed by atoms with Gasteiger partial charge in [-0.1, -0.05) is 0 Å². The number of nitrogens with zero attached hydrogens (tertiary/aromatic N) is 4. The molecular formula is C22H27F3IN7O2S. The quantitative estimate of drug-likeness (QED) is 0.227. The van der Waals surface area contributed by atoms with Crippen molar-refractivity contribution in [2.75, 3.05) is 35.6 Å². The number of aryl methyl sites for hydroxylation is 1. The fourth-order valence-electron chi connectivity index (χ4n) is 4.86. The van der Waals surface area contributed by atoms with Crippen LogP contribution >= 0.6 is 31.0 Å². The van der Waals surface area contributed by atoms with Crippen molar-refractivity contribution in [2.24, 2.45) is 7.05 Å². The lowest BCUT2D eigenvalue weighted by molar-refractivity contribution is -0.138. The maximum atomic E-state index is 13.2. The molecule has 4 heterocycles. The van der Waals surface area contributed by atoms with Crippen LogP contribution < -0.4 is 21.5 Å². The Bertz CT molecular complexity index is 1180. The molecule has 4 rings (SSSR count). The number of pyridine rings is 2. The number of carbonyl (C=O) groups excluding carboxylic acids is 1. The summed E-state index contributed by atoms with van der Waals surface area (Å²) in [4.78, 5) is 33.4. The molecule has 0 aromatic carbocycles. The first kappa shape index (κ1) is 28.1. The van der Waals surface area contributed by atoms with Crippen LogP contribution in [0.4, 0.5) is 35.2 Å². The maximum Gasteiger partial charge on any atom is 0.417 e. The highest BCUT2D eigenvalue weighted by atomic mass is 127. The summed E-state index contributed by atoms with van der Waals surface area (Å²) < 4.78 is 40.4. The van der Waals surface area contributed by atoms with Gasteiger partial charge in [0.1, 0.15) is 11.5 Å². The van der Waals surface area contributed by atoms with Gasteiger partial charge in [0.2, 0.25) is 0 Å². The van der Waals surface area contributed by atoms with Gasteiger partial charge in [-0.2, -0.15) is 13.2 Å². The van der Waals surface area contributed by atoms with Gasteiger partial charge in [-0.25, -0.2) is 9.78 Å². The molecule has 2 aromatic heterocycles. The van der Waals surface area contributed by atoms with Crippen LogP contribution in [0.2, 0.25) is 0 Å². The van der Waals surface area contributed by atoms with E-state index >= 15 is 0 Å². The molecule has 0 bridgehead atoms. The second-order valence-electron chi connectivity index (χ2n) is 8.77. The van der Waals surface area contributed by atoms with E-state index in [1.807, 2.05) is 21.2 Å². The first-order valence-electron chi connectivity index (χ1n) is 11.1. The molecule has 2 aliphatic heterocycles. The fraction of sp³-hybridized carbons (Fsp3) is 0.455. The van der Waals surface area contributed by atoms with Crippen LogP contribution in [-0.2, 0) is 13.2 Å². The Hall–Kier alpha value is -2.49. The van der Waals surface area contributed by atoms with Crippen molar-refractivity contribution in [3.8, 4) is 0 Å². The lowest BCUT2D eigenvalue weighted by Crippen LogP contribution is -2.55. The molecule has 0 radical (unpaired) electrons. The number of urea groups is 1. The number of halogens is 4. The third kappa shape index (κ3) is 5.74. The average molecular weight is 637 g/mol. The van der Waals surface area contributed by atoms with E-state index in [2.05, 4.69) is 25.0 Å². The number of thiol groups is 1. The lowest BCUT2D eigenvalue weighted by Gasteiger charge is -2.45. The fourth-order valence-corrected chi connectivity index (χ4v) is 4.86. The van der Waals surface area contributed by atoms with Crippen molar-refractivity contribution in [2.45, 2.75) is 37.4 Å². The van der Waals surface area contributed by atoms with Crippen molar-refractivity contribution in [1.29, 1.82) is 5.41 Å². The highest BCUT2D eigenvalue weighted by molar-refractivity contribution is 14.2. The van der Waals surface area contributed by atoms with Gasteiger partial charge in [-0.3, -0.25) is 4.79 Å². The molecule has 2 amide bonds. The SMILES string of the molecule is Cn1cc(C(F)(F)F)cc(NC(=O)N2CCCC23CCN(c2cnc(N)c(C=N)c2)CC3)c1=O.SI. The Kier molecular flexibility index (Phi) is 8.80. The monoisotopic (exact) mass is 637 g/mol. The average Bonchev–Trinajstić information content (AvgIpc) is 3.26. The molecule has 0 unspecified atom stereocenters. The normalized spacial score (nSPS) is 16.9. The number of amides is 2. The van der Waals surface area contributed by atoms with Gasteiger partial charge in [0.05, 0.1) is 17.4 Å². The first-order chi connectivity index (χ1) is 17.0. The second-order valence-corrected chi connectivity index (χ2v) is 8.77. The van der Waals surface area contributed by atoms with Crippen LogP contribution in [0.3, 0.4) is 0 Å². The number of nitrogens with two attached hydrogens (primary N) is 1. The topological polar surface area (TPSA) is 120 Å². The van der Waals surface area contributed by atoms with Crippen LogP contribution in [0.15, 0.2) is 29.3 Å². The number of hydrogen-bond donors (Lipinski definition) is 4. The zero-order valence-corrected chi connectivity index (χ0v) is 22.5. The van der Waals surface area contributed by atoms with Gasteiger partial charge in [-0.15, -0.1) is 9.80 Å². The number of hydrogen-bond acceptors (Lipinski definition) is 7. The first-order valence-corrected chi connectivity index (χ1v) is 14.3. The summed E-state index contributed by atoms with van der Waals surface area (Å²) in [7, 11) is 4.72.